The maximum atomic E-state index is 11.7. The molecule has 36 heavy (non-hydrogen) atoms. The zero-order chi connectivity index (χ0) is 26.4. The van der Waals surface area contributed by atoms with Crippen LogP contribution >= 0.6 is 0 Å². The lowest BCUT2D eigenvalue weighted by Gasteiger charge is -2.63. The summed E-state index contributed by atoms with van der Waals surface area (Å²) >= 11 is 0. The summed E-state index contributed by atoms with van der Waals surface area (Å²) in [7, 11) is 0. The van der Waals surface area contributed by atoms with Gasteiger partial charge >= 0.3 is 11.9 Å². The molecule has 0 aromatic rings. The van der Waals surface area contributed by atoms with E-state index in [0.29, 0.717) is 24.2 Å². The van der Waals surface area contributed by atoms with Crippen molar-refractivity contribution < 1.29 is 35.1 Å². The number of aliphatic hydroxyl groups excluding tert-OH is 3. The predicted molar refractivity (Wildman–Crippen MR) is 135 cm³/mol. The van der Waals surface area contributed by atoms with Crippen LogP contribution in [0.15, 0.2) is 0 Å². The van der Waals surface area contributed by atoms with Gasteiger partial charge in [-0.2, -0.15) is 0 Å². The number of carboxylic acid groups (broad SMARTS) is 2. The maximum Gasteiger partial charge on any atom is 0.306 e. The highest BCUT2D eigenvalue weighted by molar-refractivity contribution is 5.72. The minimum Gasteiger partial charge on any atom is -0.481 e. The molecule has 4 aliphatic rings. The van der Waals surface area contributed by atoms with Crippen LogP contribution in [-0.2, 0) is 9.59 Å². The van der Waals surface area contributed by atoms with Crippen LogP contribution < -0.4 is 0 Å². The molecule has 206 valence electrons. The Morgan fingerprint density at radius 1 is 0.917 bits per heavy atom. The van der Waals surface area contributed by atoms with Crippen LogP contribution in [0.25, 0.3) is 0 Å². The minimum absolute atomic E-state index is 0.0664. The third-order valence-electron chi connectivity index (χ3n) is 11.8. The summed E-state index contributed by atoms with van der Waals surface area (Å²) in [6, 6.07) is 0. The number of hydrogen-bond donors (Lipinski definition) is 5. The van der Waals surface area contributed by atoms with Crippen LogP contribution in [0, 0.1) is 52.3 Å². The second kappa shape index (κ2) is 10.5. The molecule has 0 heterocycles. The zero-order valence-corrected chi connectivity index (χ0v) is 22.3. The van der Waals surface area contributed by atoms with Gasteiger partial charge in [-0.25, -0.2) is 0 Å². The molecule has 4 aliphatic carbocycles. The highest BCUT2D eigenvalue weighted by atomic mass is 16.4. The molecule has 5 N–H and O–H groups in total. The van der Waals surface area contributed by atoms with Gasteiger partial charge in [0.05, 0.1) is 24.2 Å². The SMILES string of the molecule is C[C@H](CCCC(CCC(=O)O)C(=O)O)[C@H]1CC[C@H]2[C@@H]3[C@H](O)CC4C[C@H](O)CC[C@]4(C)[C@H]3C[C@H](O)[C@]12C. The highest BCUT2D eigenvalue weighted by Gasteiger charge is 2.65. The molecule has 4 fully saturated rings. The third kappa shape index (κ3) is 4.84. The van der Waals surface area contributed by atoms with E-state index in [1.807, 2.05) is 0 Å². The van der Waals surface area contributed by atoms with Crippen LogP contribution in [0.3, 0.4) is 0 Å². The fourth-order valence-electron chi connectivity index (χ4n) is 9.71. The monoisotopic (exact) mass is 508 g/mol. The Morgan fingerprint density at radius 2 is 1.64 bits per heavy atom. The Balaban J connectivity index is 1.44. The molecular weight excluding hydrogens is 460 g/mol. The summed E-state index contributed by atoms with van der Waals surface area (Å²) in [6.07, 6.45) is 7.12. The second-order valence-electron chi connectivity index (χ2n) is 13.4. The number of aliphatic carboxylic acids is 2. The lowest BCUT2D eigenvalue weighted by atomic mass is 9.43. The molecule has 0 aliphatic heterocycles. The topological polar surface area (TPSA) is 135 Å². The molecule has 0 aromatic carbocycles. The van der Waals surface area contributed by atoms with E-state index in [4.69, 9.17) is 5.11 Å². The molecule has 4 rings (SSSR count). The van der Waals surface area contributed by atoms with Crippen molar-refractivity contribution in [3.63, 3.8) is 0 Å². The maximum absolute atomic E-state index is 11.7. The average Bonchev–Trinajstić information content (AvgIpc) is 3.16. The zero-order valence-electron chi connectivity index (χ0n) is 22.3. The van der Waals surface area contributed by atoms with Crippen molar-refractivity contribution in [1.29, 1.82) is 0 Å². The first-order chi connectivity index (χ1) is 16.9. The molecule has 7 heteroatoms. The fourth-order valence-corrected chi connectivity index (χ4v) is 9.71. The number of carboxylic acids is 2. The number of aliphatic hydroxyl groups is 3. The molecule has 0 amide bonds. The number of hydrogen-bond acceptors (Lipinski definition) is 5. The largest absolute Gasteiger partial charge is 0.481 e. The van der Waals surface area contributed by atoms with E-state index in [2.05, 4.69) is 20.8 Å². The number of carbonyl (C=O) groups is 2. The summed E-state index contributed by atoms with van der Waals surface area (Å²) in [4.78, 5) is 22.4. The molecule has 0 saturated heterocycles. The summed E-state index contributed by atoms with van der Waals surface area (Å²) in [5, 5.41) is 51.8. The highest BCUT2D eigenvalue weighted by Crippen LogP contribution is 2.68. The normalized spacial score (nSPS) is 45.7. The molecular formula is C29H48O7. The van der Waals surface area contributed by atoms with E-state index >= 15 is 0 Å². The first-order valence-corrected chi connectivity index (χ1v) is 14.4. The summed E-state index contributed by atoms with van der Waals surface area (Å²) < 4.78 is 0. The average molecular weight is 509 g/mol. The Bertz CT molecular complexity index is 815. The Labute approximate surface area is 215 Å². The van der Waals surface area contributed by atoms with Crippen LogP contribution in [0.2, 0.25) is 0 Å². The van der Waals surface area contributed by atoms with Gasteiger partial charge in [-0.1, -0.05) is 33.6 Å². The van der Waals surface area contributed by atoms with Gasteiger partial charge in [-0.05, 0) is 104 Å². The number of fused-ring (bicyclic) bond motifs is 5. The first kappa shape index (κ1) is 27.8. The van der Waals surface area contributed by atoms with E-state index < -0.39 is 24.0 Å². The fraction of sp³-hybridized carbons (Fsp3) is 0.931. The quantitative estimate of drug-likeness (QED) is 0.313. The molecule has 4 saturated carbocycles. The van der Waals surface area contributed by atoms with Gasteiger partial charge < -0.3 is 25.5 Å². The molecule has 0 spiro atoms. The van der Waals surface area contributed by atoms with Crippen molar-refractivity contribution in [3.05, 3.63) is 0 Å². The first-order valence-electron chi connectivity index (χ1n) is 14.4. The van der Waals surface area contributed by atoms with E-state index in [1.54, 1.807) is 0 Å². The van der Waals surface area contributed by atoms with Crippen molar-refractivity contribution in [2.75, 3.05) is 0 Å². The minimum atomic E-state index is -0.960. The third-order valence-corrected chi connectivity index (χ3v) is 11.8. The van der Waals surface area contributed by atoms with Crippen LogP contribution in [0.4, 0.5) is 0 Å². The van der Waals surface area contributed by atoms with Crippen molar-refractivity contribution in [2.24, 2.45) is 52.3 Å². The van der Waals surface area contributed by atoms with Crippen LogP contribution in [-0.4, -0.2) is 55.8 Å². The summed E-state index contributed by atoms with van der Waals surface area (Å²) in [5.74, 6) is -0.778. The van der Waals surface area contributed by atoms with Gasteiger partial charge in [0.25, 0.3) is 0 Å². The van der Waals surface area contributed by atoms with Gasteiger partial charge in [-0.15, -0.1) is 0 Å². The second-order valence-corrected chi connectivity index (χ2v) is 13.4. The molecule has 0 bridgehead atoms. The molecule has 0 aromatic heterocycles. The van der Waals surface area contributed by atoms with Gasteiger partial charge in [0.1, 0.15) is 0 Å². The predicted octanol–water partition coefficient (Wildman–Crippen LogP) is 4.32. The Hall–Kier alpha value is -1.18. The molecule has 12 atom stereocenters. The van der Waals surface area contributed by atoms with Crippen molar-refractivity contribution in [2.45, 2.75) is 116 Å². The van der Waals surface area contributed by atoms with Gasteiger partial charge in [0, 0.05) is 6.42 Å². The molecule has 7 nitrogen and oxygen atoms in total. The van der Waals surface area contributed by atoms with Gasteiger partial charge in [-0.3, -0.25) is 9.59 Å². The lowest BCUT2D eigenvalue weighted by Crippen LogP contribution is -2.62. The van der Waals surface area contributed by atoms with Gasteiger partial charge in [0.2, 0.25) is 0 Å². The van der Waals surface area contributed by atoms with E-state index in [9.17, 15) is 30.0 Å². The van der Waals surface area contributed by atoms with Crippen molar-refractivity contribution in [3.8, 4) is 0 Å². The van der Waals surface area contributed by atoms with Crippen molar-refractivity contribution >= 4 is 11.9 Å². The molecule has 0 radical (unpaired) electrons. The van der Waals surface area contributed by atoms with E-state index in [1.165, 1.54) is 0 Å². The molecule has 2 unspecified atom stereocenters. The smallest absolute Gasteiger partial charge is 0.306 e. The lowest BCUT2D eigenvalue weighted by molar-refractivity contribution is -0.207. The van der Waals surface area contributed by atoms with Crippen LogP contribution in [0.5, 0.6) is 0 Å². The van der Waals surface area contributed by atoms with Gasteiger partial charge in [0.15, 0.2) is 0 Å². The number of rotatable bonds is 9. The summed E-state index contributed by atoms with van der Waals surface area (Å²) in [5.41, 5.74) is -0.189. The van der Waals surface area contributed by atoms with Crippen LogP contribution in [0.1, 0.15) is 97.8 Å². The Morgan fingerprint density at radius 3 is 2.31 bits per heavy atom. The van der Waals surface area contributed by atoms with Crippen molar-refractivity contribution in [1.82, 2.24) is 0 Å². The van der Waals surface area contributed by atoms with E-state index in [0.717, 1.165) is 57.8 Å². The standard InChI is InChI=1S/C29H48O7/c1-16(5-4-6-17(27(35)36)7-10-25(33)34)20-8-9-21-26-22(15-24(32)29(20,21)3)28(2)12-11-19(30)13-18(28)14-23(26)31/h16-24,26,30-32H,4-15H2,1-3H3,(H,33,34)(H,35,36)/t16-,17?,18?,19-,20-,21+,22+,23-,24+,26+,28+,29-/m1/s1. The Kier molecular flexibility index (Phi) is 8.14. The van der Waals surface area contributed by atoms with E-state index in [-0.39, 0.29) is 53.6 Å². The summed E-state index contributed by atoms with van der Waals surface area (Å²) in [6.45, 7) is 6.81.